The molecule has 10 rings (SSSR count). The van der Waals surface area contributed by atoms with Gasteiger partial charge in [0.05, 0.1) is 59.9 Å². The van der Waals surface area contributed by atoms with E-state index in [0.29, 0.717) is 71.2 Å². The molecule has 1 unspecified atom stereocenters. The quantitative estimate of drug-likeness (QED) is 0.126. The molecule has 0 radical (unpaired) electrons. The van der Waals surface area contributed by atoms with Crippen molar-refractivity contribution in [2.45, 2.75) is 108 Å². The first-order valence-corrected chi connectivity index (χ1v) is 23.9. The van der Waals surface area contributed by atoms with Gasteiger partial charge in [-0.1, -0.05) is 6.92 Å². The lowest BCUT2D eigenvalue weighted by molar-refractivity contribution is -0.134. The number of ether oxygens (including phenoxy) is 1. The van der Waals surface area contributed by atoms with E-state index in [1.165, 1.54) is 19.6 Å². The van der Waals surface area contributed by atoms with Crippen LogP contribution in [0.3, 0.4) is 0 Å². The highest BCUT2D eigenvalue weighted by Crippen LogP contribution is 2.39. The molecule has 2 saturated carbocycles. The number of benzene rings is 1. The van der Waals surface area contributed by atoms with E-state index in [2.05, 4.69) is 59.6 Å². The molecule has 67 heavy (non-hydrogen) atoms. The number of hydrogen-bond donors (Lipinski definition) is 3. The lowest BCUT2D eigenvalue weighted by atomic mass is 9.74. The zero-order chi connectivity index (χ0) is 46.2. The fourth-order valence-electron chi connectivity index (χ4n) is 10.7. The number of pyridine rings is 1. The van der Waals surface area contributed by atoms with E-state index in [0.717, 1.165) is 101 Å². The molecular formula is C49H58FN13O4. The molecule has 5 aromatic rings. The second-order valence-electron chi connectivity index (χ2n) is 18.9. The number of halogens is 1. The Bertz CT molecular complexity index is 2680. The summed E-state index contributed by atoms with van der Waals surface area (Å²) in [6.45, 7) is 6.61. The second-order valence-corrected chi connectivity index (χ2v) is 18.9. The second kappa shape index (κ2) is 18.6. The number of hydrogen-bond acceptors (Lipinski definition) is 13. The van der Waals surface area contributed by atoms with Crippen molar-refractivity contribution in [1.82, 2.24) is 44.9 Å². The Hall–Kier alpha value is -6.61. The molecule has 3 amide bonds. The van der Waals surface area contributed by atoms with Crippen LogP contribution in [-0.2, 0) is 14.4 Å². The fraction of sp³-hybridized carbons (Fsp3) is 0.510. The minimum Gasteiger partial charge on any atom is -0.495 e. The number of methoxy groups -OCH3 is 1. The maximum absolute atomic E-state index is 15.6. The molecule has 17 nitrogen and oxygen atoms in total. The van der Waals surface area contributed by atoms with E-state index in [9.17, 15) is 19.6 Å². The third kappa shape index (κ3) is 8.76. The number of carbonyl (C=O) groups excluding carboxylic acids is 3. The Morgan fingerprint density at radius 3 is 2.37 bits per heavy atom. The first kappa shape index (κ1) is 44.2. The van der Waals surface area contributed by atoms with E-state index in [1.54, 1.807) is 16.8 Å². The van der Waals surface area contributed by atoms with Crippen LogP contribution >= 0.6 is 0 Å². The predicted molar refractivity (Wildman–Crippen MR) is 250 cm³/mol. The number of amides is 3. The number of rotatable bonds is 12. The minimum absolute atomic E-state index is 0.208. The number of nitrogens with zero attached hydrogens (tertiary/aromatic N) is 10. The van der Waals surface area contributed by atoms with Gasteiger partial charge in [0.2, 0.25) is 17.7 Å². The number of fused-ring (bicyclic) bond motifs is 1. The van der Waals surface area contributed by atoms with Gasteiger partial charge in [-0.05, 0) is 82.8 Å². The average molecular weight is 912 g/mol. The van der Waals surface area contributed by atoms with E-state index < -0.39 is 17.8 Å². The number of aromatic nitrogens is 6. The summed E-state index contributed by atoms with van der Waals surface area (Å²) in [7, 11) is 1.52. The smallest absolute Gasteiger partial charge is 0.249 e. The van der Waals surface area contributed by atoms with Crippen molar-refractivity contribution in [1.29, 1.82) is 5.26 Å². The predicted octanol–water partition coefficient (Wildman–Crippen LogP) is 5.86. The summed E-state index contributed by atoms with van der Waals surface area (Å²) < 4.78 is 25.0. The highest BCUT2D eigenvalue weighted by atomic mass is 19.1. The third-order valence-corrected chi connectivity index (χ3v) is 15.2. The number of imide groups is 1. The third-order valence-electron chi connectivity index (χ3n) is 15.2. The molecule has 4 aromatic heterocycles. The van der Waals surface area contributed by atoms with Gasteiger partial charge in [0.15, 0.2) is 0 Å². The molecule has 5 aliphatic rings. The molecule has 3 N–H and O–H groups in total. The lowest BCUT2D eigenvalue weighted by Gasteiger charge is -2.42. The van der Waals surface area contributed by atoms with Crippen LogP contribution in [0.1, 0.15) is 95.6 Å². The van der Waals surface area contributed by atoms with Gasteiger partial charge < -0.3 is 25.2 Å². The molecule has 0 bridgehead atoms. The van der Waals surface area contributed by atoms with Gasteiger partial charge in [0.1, 0.15) is 40.6 Å². The molecule has 1 atom stereocenters. The van der Waals surface area contributed by atoms with Gasteiger partial charge >= 0.3 is 0 Å². The van der Waals surface area contributed by atoms with Gasteiger partial charge in [-0.2, -0.15) is 15.5 Å². The standard InChI is InChI=1S/C49H58FN13O4/c1-3-49(48(66)55-34-5-4-6-34)15-17-61(18-16-49)43-13-7-31(26-52-43)45-46-32(25-51)27-54-63(46)30-40(57-45)33-28-53-62(29-33)36-10-8-35(9-11-36)59-19-21-60(22-20-59)41-24-42(67-2)39(23-37(41)50)56-38-12-14-44(64)58-47(38)65/h7,13,23-24,26-30,34-36,38,56H,3-6,8-12,14-22H2,1-2H3,(H,55,66)(H,58,64,65). The largest absolute Gasteiger partial charge is 0.495 e. The van der Waals surface area contributed by atoms with E-state index in [1.807, 2.05) is 30.7 Å². The van der Waals surface area contributed by atoms with E-state index in [4.69, 9.17) is 19.8 Å². The van der Waals surface area contributed by atoms with Gasteiger partial charge in [-0.15, -0.1) is 0 Å². The zero-order valence-corrected chi connectivity index (χ0v) is 38.2. The Morgan fingerprint density at radius 2 is 1.70 bits per heavy atom. The molecule has 2 aliphatic carbocycles. The number of piperidine rings is 2. The monoisotopic (exact) mass is 911 g/mol. The molecule has 7 heterocycles. The van der Waals surface area contributed by atoms with Crippen LogP contribution in [0.2, 0.25) is 0 Å². The molecule has 350 valence electrons. The Morgan fingerprint density at radius 1 is 0.925 bits per heavy atom. The number of nitriles is 1. The van der Waals surface area contributed by atoms with Gasteiger partial charge in [-0.25, -0.2) is 18.9 Å². The maximum Gasteiger partial charge on any atom is 0.249 e. The molecule has 1 aromatic carbocycles. The summed E-state index contributed by atoms with van der Waals surface area (Å²) in [4.78, 5) is 54.1. The normalized spacial score (nSPS) is 22.5. The minimum atomic E-state index is -0.644. The molecule has 0 spiro atoms. The summed E-state index contributed by atoms with van der Waals surface area (Å²) in [6.07, 6.45) is 19.5. The van der Waals surface area contributed by atoms with Crippen LogP contribution in [0, 0.1) is 22.6 Å². The topological polar surface area (TPSA) is 191 Å². The number of carbonyl (C=O) groups is 3. The summed E-state index contributed by atoms with van der Waals surface area (Å²) in [5, 5.41) is 28.1. The Kier molecular flexibility index (Phi) is 12.3. The Balaban J connectivity index is 0.763. The van der Waals surface area contributed by atoms with Gasteiger partial charge in [-0.3, -0.25) is 29.3 Å². The highest BCUT2D eigenvalue weighted by Gasteiger charge is 2.41. The van der Waals surface area contributed by atoms with Gasteiger partial charge in [0.25, 0.3) is 0 Å². The summed E-state index contributed by atoms with van der Waals surface area (Å²) in [5.41, 5.74) is 4.52. The molecule has 3 saturated heterocycles. The van der Waals surface area contributed by atoms with Gasteiger partial charge in [0, 0.05) is 93.4 Å². The van der Waals surface area contributed by atoms with Crippen LogP contribution in [-0.4, -0.2) is 116 Å². The SMILES string of the molecule is CCC1(C(=O)NC2CCC2)CCN(c2ccc(-c3nc(-c4cnn(C5CCC(N6CCN(c7cc(OC)c(NC8CCC(=O)NC8=O)cc7F)CC6)CC5)c4)cn4ncc(C#N)c34)cn2)CC1. The molecule has 5 fully saturated rings. The summed E-state index contributed by atoms with van der Waals surface area (Å²) >= 11 is 0. The molecule has 3 aliphatic heterocycles. The van der Waals surface area contributed by atoms with Crippen molar-refractivity contribution in [2.75, 3.05) is 61.5 Å². The highest BCUT2D eigenvalue weighted by molar-refractivity contribution is 6.01. The van der Waals surface area contributed by atoms with Crippen molar-refractivity contribution in [3.63, 3.8) is 0 Å². The number of anilines is 3. The van der Waals surface area contributed by atoms with Crippen molar-refractivity contribution in [3.05, 3.63) is 66.6 Å². The summed E-state index contributed by atoms with van der Waals surface area (Å²) in [6, 6.07) is 9.73. The van der Waals surface area contributed by atoms with Crippen LogP contribution in [0.25, 0.3) is 28.0 Å². The van der Waals surface area contributed by atoms with Crippen LogP contribution < -0.4 is 30.5 Å². The number of piperazine rings is 1. The molecular weight excluding hydrogens is 854 g/mol. The average Bonchev–Trinajstić information content (AvgIpc) is 4.02. The van der Waals surface area contributed by atoms with E-state index >= 15 is 4.39 Å². The van der Waals surface area contributed by atoms with Crippen LogP contribution in [0.15, 0.2) is 55.2 Å². The van der Waals surface area contributed by atoms with Crippen molar-refractivity contribution < 1.29 is 23.5 Å². The summed E-state index contributed by atoms with van der Waals surface area (Å²) in [5.74, 6) is 0.381. The van der Waals surface area contributed by atoms with Crippen molar-refractivity contribution in [2.24, 2.45) is 5.41 Å². The van der Waals surface area contributed by atoms with Crippen molar-refractivity contribution in [3.8, 4) is 34.3 Å². The number of nitrogens with one attached hydrogen (secondary N) is 3. The fourth-order valence-corrected chi connectivity index (χ4v) is 10.7. The molecule has 18 heteroatoms. The Labute approximate surface area is 389 Å². The van der Waals surface area contributed by atoms with Crippen LogP contribution in [0.4, 0.5) is 21.6 Å². The first-order chi connectivity index (χ1) is 32.6. The first-order valence-electron chi connectivity index (χ1n) is 23.9. The van der Waals surface area contributed by atoms with E-state index in [-0.39, 0.29) is 29.7 Å². The van der Waals surface area contributed by atoms with Crippen molar-refractivity contribution >= 4 is 40.4 Å². The maximum atomic E-state index is 15.6. The zero-order valence-electron chi connectivity index (χ0n) is 38.2. The van der Waals surface area contributed by atoms with Crippen LogP contribution in [0.5, 0.6) is 5.75 Å². The lowest BCUT2D eigenvalue weighted by Crippen LogP contribution is -2.52.